The number of rotatable bonds is 3. The molecule has 1 atom stereocenters. The molecule has 1 aliphatic rings. The van der Waals surface area contributed by atoms with Gasteiger partial charge in [0.25, 0.3) is 5.91 Å². The second-order valence-electron chi connectivity index (χ2n) is 4.92. The zero-order chi connectivity index (χ0) is 12.8. The first-order valence-electron chi connectivity index (χ1n) is 5.12. The van der Waals surface area contributed by atoms with Gasteiger partial charge in [0.15, 0.2) is 0 Å². The number of hydrogen-bond acceptors (Lipinski definition) is 4. The molecule has 1 fully saturated rings. The van der Waals surface area contributed by atoms with Gasteiger partial charge in [-0.05, 0) is 17.9 Å². The highest BCUT2D eigenvalue weighted by molar-refractivity contribution is 7.91. The van der Waals surface area contributed by atoms with Crippen LogP contribution in [0.2, 0.25) is 0 Å². The summed E-state index contributed by atoms with van der Waals surface area (Å²) in [6.07, 6.45) is 0.949. The summed E-state index contributed by atoms with van der Waals surface area (Å²) < 4.78 is 22.1. The van der Waals surface area contributed by atoms with E-state index in [-0.39, 0.29) is 21.6 Å². The highest BCUT2D eigenvalue weighted by atomic mass is 32.2. The van der Waals surface area contributed by atoms with Gasteiger partial charge in [-0.2, -0.15) is 0 Å². The number of nitrogens with two attached hydrogens (primary N) is 1. The molecular weight excluding hydrogens is 260 g/mol. The molecule has 3 N–H and O–H groups in total. The number of nitrogens with one attached hydrogen (secondary N) is 1. The normalized spacial score (nSPS) is 22.2. The second kappa shape index (κ2) is 3.79. The third-order valence-electron chi connectivity index (χ3n) is 2.94. The van der Waals surface area contributed by atoms with Crippen molar-refractivity contribution in [1.82, 2.24) is 5.32 Å². The Kier molecular flexibility index (Phi) is 2.80. The maximum atomic E-state index is 11.8. The minimum Gasteiger partial charge on any atom is -0.349 e. The second-order valence-corrected chi connectivity index (χ2v) is 7.62. The number of sulfonamides is 1. The number of primary sulfonamides is 1. The van der Waals surface area contributed by atoms with Crippen molar-refractivity contribution < 1.29 is 13.2 Å². The summed E-state index contributed by atoms with van der Waals surface area (Å²) in [7, 11) is -3.71. The fourth-order valence-electron chi connectivity index (χ4n) is 1.54. The summed E-state index contributed by atoms with van der Waals surface area (Å²) in [6, 6.07) is 1.48. The monoisotopic (exact) mass is 274 g/mol. The Morgan fingerprint density at radius 1 is 1.59 bits per heavy atom. The van der Waals surface area contributed by atoms with Crippen LogP contribution in [0.5, 0.6) is 0 Å². The summed E-state index contributed by atoms with van der Waals surface area (Å²) >= 11 is 0.958. The molecule has 1 aromatic heterocycles. The zero-order valence-electron chi connectivity index (χ0n) is 9.56. The van der Waals surface area contributed by atoms with E-state index in [9.17, 15) is 13.2 Å². The van der Waals surface area contributed by atoms with Gasteiger partial charge in [0.05, 0.1) is 5.56 Å². The fraction of sp³-hybridized carbons (Fsp3) is 0.500. The number of hydrogen-bond donors (Lipinski definition) is 2. The average Bonchev–Trinajstić information content (AvgIpc) is 2.67. The molecule has 1 heterocycles. The molecule has 94 valence electrons. The number of carbonyl (C=O) groups is 1. The van der Waals surface area contributed by atoms with Crippen LogP contribution in [0, 0.1) is 5.41 Å². The van der Waals surface area contributed by atoms with E-state index >= 15 is 0 Å². The van der Waals surface area contributed by atoms with Gasteiger partial charge in [-0.1, -0.05) is 13.8 Å². The van der Waals surface area contributed by atoms with Crippen LogP contribution in [0.4, 0.5) is 0 Å². The smallest absolute Gasteiger partial charge is 0.252 e. The van der Waals surface area contributed by atoms with Crippen LogP contribution < -0.4 is 10.5 Å². The molecule has 1 amide bonds. The molecule has 7 heteroatoms. The lowest BCUT2D eigenvalue weighted by molar-refractivity contribution is 0.0946. The molecule has 0 aromatic carbocycles. The van der Waals surface area contributed by atoms with E-state index in [2.05, 4.69) is 19.2 Å². The third-order valence-corrected chi connectivity index (χ3v) is 5.32. The molecule has 1 saturated carbocycles. The molecule has 1 aromatic rings. The molecule has 0 aliphatic heterocycles. The molecule has 0 spiro atoms. The molecule has 0 radical (unpaired) electrons. The van der Waals surface area contributed by atoms with Crippen LogP contribution in [0.3, 0.4) is 0 Å². The first kappa shape index (κ1) is 12.5. The van der Waals surface area contributed by atoms with Crippen LogP contribution in [0.25, 0.3) is 0 Å². The van der Waals surface area contributed by atoms with Gasteiger partial charge in [0.2, 0.25) is 10.0 Å². The van der Waals surface area contributed by atoms with Gasteiger partial charge >= 0.3 is 0 Å². The van der Waals surface area contributed by atoms with E-state index in [4.69, 9.17) is 5.14 Å². The lowest BCUT2D eigenvalue weighted by atomic mass is 10.2. The molecule has 1 aliphatic carbocycles. The quantitative estimate of drug-likeness (QED) is 0.859. The Balaban J connectivity index is 2.08. The number of thiophene rings is 1. The van der Waals surface area contributed by atoms with Crippen molar-refractivity contribution in [2.45, 2.75) is 30.5 Å². The maximum Gasteiger partial charge on any atom is 0.252 e. The van der Waals surface area contributed by atoms with Gasteiger partial charge in [-0.15, -0.1) is 11.3 Å². The predicted molar refractivity (Wildman–Crippen MR) is 65.3 cm³/mol. The Labute approximate surface area is 104 Å². The predicted octanol–water partition coefficient (Wildman–Crippen LogP) is 0.924. The van der Waals surface area contributed by atoms with E-state index in [1.807, 2.05) is 0 Å². The minimum atomic E-state index is -3.71. The number of carbonyl (C=O) groups excluding carboxylic acids is 1. The van der Waals surface area contributed by atoms with Gasteiger partial charge in [0, 0.05) is 11.4 Å². The molecule has 1 unspecified atom stereocenters. The lowest BCUT2D eigenvalue weighted by Gasteiger charge is -2.04. The Morgan fingerprint density at radius 3 is 2.59 bits per heavy atom. The first-order chi connectivity index (χ1) is 7.70. The molecule has 0 bridgehead atoms. The molecule has 2 rings (SSSR count). The maximum absolute atomic E-state index is 11.8. The molecule has 17 heavy (non-hydrogen) atoms. The van der Waals surface area contributed by atoms with Crippen molar-refractivity contribution in [2.75, 3.05) is 0 Å². The van der Waals surface area contributed by atoms with E-state index in [1.54, 1.807) is 0 Å². The Morgan fingerprint density at radius 2 is 2.18 bits per heavy atom. The highest BCUT2D eigenvalue weighted by Crippen LogP contribution is 2.44. The molecule has 0 saturated heterocycles. The highest BCUT2D eigenvalue weighted by Gasteiger charge is 2.46. The van der Waals surface area contributed by atoms with Gasteiger partial charge in [-0.3, -0.25) is 4.79 Å². The van der Waals surface area contributed by atoms with Crippen molar-refractivity contribution in [1.29, 1.82) is 0 Å². The summed E-state index contributed by atoms with van der Waals surface area (Å²) in [4.78, 5) is 11.8. The average molecular weight is 274 g/mol. The van der Waals surface area contributed by atoms with Crippen molar-refractivity contribution >= 4 is 27.3 Å². The Hall–Kier alpha value is -0.920. The molecule has 5 nitrogen and oxygen atoms in total. The summed E-state index contributed by atoms with van der Waals surface area (Å²) in [5.74, 6) is -0.244. The van der Waals surface area contributed by atoms with Gasteiger partial charge in [-0.25, -0.2) is 13.6 Å². The van der Waals surface area contributed by atoms with E-state index in [0.717, 1.165) is 17.8 Å². The van der Waals surface area contributed by atoms with Crippen molar-refractivity contribution in [2.24, 2.45) is 10.6 Å². The van der Waals surface area contributed by atoms with Crippen LogP contribution in [-0.4, -0.2) is 20.4 Å². The van der Waals surface area contributed by atoms with Crippen molar-refractivity contribution in [3.63, 3.8) is 0 Å². The largest absolute Gasteiger partial charge is 0.349 e. The van der Waals surface area contributed by atoms with E-state index < -0.39 is 10.0 Å². The topological polar surface area (TPSA) is 89.3 Å². The third kappa shape index (κ3) is 2.67. The zero-order valence-corrected chi connectivity index (χ0v) is 11.2. The van der Waals surface area contributed by atoms with Gasteiger partial charge < -0.3 is 5.32 Å². The van der Waals surface area contributed by atoms with E-state index in [0.29, 0.717) is 5.56 Å². The van der Waals surface area contributed by atoms with Gasteiger partial charge in [0.1, 0.15) is 4.21 Å². The van der Waals surface area contributed by atoms with Crippen LogP contribution >= 0.6 is 11.3 Å². The Bertz CT molecular complexity index is 560. The summed E-state index contributed by atoms with van der Waals surface area (Å²) in [5, 5.41) is 9.34. The van der Waals surface area contributed by atoms with Crippen LogP contribution in [-0.2, 0) is 10.0 Å². The van der Waals surface area contributed by atoms with E-state index in [1.165, 1.54) is 11.4 Å². The molecular formula is C10H14N2O3S2. The van der Waals surface area contributed by atoms with Crippen molar-refractivity contribution in [3.8, 4) is 0 Å². The lowest BCUT2D eigenvalue weighted by Crippen LogP contribution is -2.27. The standard InChI is InChI=1S/C10H14N2O3S2/c1-10(2)4-7(10)12-9(13)6-3-8(16-5-6)17(11,14)15/h3,5,7H,4H2,1-2H3,(H,12,13)(H2,11,14,15). The van der Waals surface area contributed by atoms with Crippen LogP contribution in [0.1, 0.15) is 30.6 Å². The fourth-order valence-corrected chi connectivity index (χ4v) is 3.13. The first-order valence-corrected chi connectivity index (χ1v) is 7.55. The number of amides is 1. The summed E-state index contributed by atoms with van der Waals surface area (Å²) in [5.41, 5.74) is 0.496. The van der Waals surface area contributed by atoms with Crippen molar-refractivity contribution in [3.05, 3.63) is 17.0 Å². The minimum absolute atomic E-state index is 0.0118. The summed E-state index contributed by atoms with van der Waals surface area (Å²) in [6.45, 7) is 4.14. The SMILES string of the molecule is CC1(C)CC1NC(=O)c1csc(S(N)(=O)=O)c1. The van der Waals surface area contributed by atoms with Crippen LogP contribution in [0.15, 0.2) is 15.7 Å².